The van der Waals surface area contributed by atoms with E-state index in [0.29, 0.717) is 28.3 Å². The lowest BCUT2D eigenvalue weighted by molar-refractivity contribution is -0.117. The third-order valence-electron chi connectivity index (χ3n) is 6.38. The van der Waals surface area contributed by atoms with Gasteiger partial charge in [-0.3, -0.25) is 19.5 Å². The van der Waals surface area contributed by atoms with Crippen molar-refractivity contribution in [1.29, 1.82) is 0 Å². The summed E-state index contributed by atoms with van der Waals surface area (Å²) in [7, 11) is 3.06. The van der Waals surface area contributed by atoms with Gasteiger partial charge in [0.25, 0.3) is 5.91 Å². The van der Waals surface area contributed by atoms with Crippen molar-refractivity contribution in [2.45, 2.75) is 6.04 Å². The molecule has 7 heteroatoms. The van der Waals surface area contributed by atoms with Gasteiger partial charge in [0, 0.05) is 29.2 Å². The van der Waals surface area contributed by atoms with E-state index in [2.05, 4.69) is 4.98 Å². The molecular formula is C30H24N2O5. The third kappa shape index (κ3) is 4.31. The summed E-state index contributed by atoms with van der Waals surface area (Å²) in [5, 5.41) is 11.0. The number of rotatable bonds is 7. The van der Waals surface area contributed by atoms with Crippen molar-refractivity contribution in [1.82, 2.24) is 4.98 Å². The van der Waals surface area contributed by atoms with Gasteiger partial charge in [-0.25, -0.2) is 0 Å². The Morgan fingerprint density at radius 2 is 1.59 bits per heavy atom. The molecule has 0 saturated heterocycles. The number of nitrogens with zero attached hydrogens (tertiary/aromatic N) is 2. The van der Waals surface area contributed by atoms with Crippen LogP contribution in [0, 0.1) is 0 Å². The number of para-hydroxylation sites is 1. The molecule has 1 amide bonds. The predicted molar refractivity (Wildman–Crippen MR) is 140 cm³/mol. The Morgan fingerprint density at radius 3 is 2.24 bits per heavy atom. The number of amides is 1. The largest absolute Gasteiger partial charge is 0.503 e. The van der Waals surface area contributed by atoms with Crippen LogP contribution in [0.2, 0.25) is 0 Å². The minimum absolute atomic E-state index is 0.0176. The summed E-state index contributed by atoms with van der Waals surface area (Å²) >= 11 is 0. The van der Waals surface area contributed by atoms with Crippen LogP contribution in [0.5, 0.6) is 11.5 Å². The Kier molecular flexibility index (Phi) is 6.43. The van der Waals surface area contributed by atoms with Gasteiger partial charge in [0.2, 0.25) is 0 Å². The highest BCUT2D eigenvalue weighted by Crippen LogP contribution is 2.45. The maximum Gasteiger partial charge on any atom is 0.294 e. The van der Waals surface area contributed by atoms with E-state index in [1.54, 1.807) is 73.1 Å². The first-order valence-corrected chi connectivity index (χ1v) is 11.6. The van der Waals surface area contributed by atoms with Gasteiger partial charge >= 0.3 is 0 Å². The average molecular weight is 493 g/mol. The van der Waals surface area contributed by atoms with Crippen molar-refractivity contribution in [3.8, 4) is 22.6 Å². The predicted octanol–water partition coefficient (Wildman–Crippen LogP) is 5.55. The summed E-state index contributed by atoms with van der Waals surface area (Å²) in [6, 6.07) is 23.9. The lowest BCUT2D eigenvalue weighted by Gasteiger charge is -2.28. The normalized spacial score (nSPS) is 15.1. The molecule has 0 radical (unpaired) electrons. The minimum atomic E-state index is -0.900. The average Bonchev–Trinajstić information content (AvgIpc) is 3.23. The van der Waals surface area contributed by atoms with Gasteiger partial charge in [0.15, 0.2) is 11.5 Å². The number of aliphatic hydroxyl groups is 1. The number of hydrogen-bond donors (Lipinski definition) is 1. The fraction of sp³-hybridized carbons (Fsp3) is 0.100. The van der Waals surface area contributed by atoms with Crippen LogP contribution in [0.1, 0.15) is 22.0 Å². The number of carbonyl (C=O) groups excluding carboxylic acids is 2. The Labute approximate surface area is 214 Å². The van der Waals surface area contributed by atoms with Gasteiger partial charge in [-0.2, -0.15) is 0 Å². The number of ketones is 1. The van der Waals surface area contributed by atoms with E-state index in [4.69, 9.17) is 9.47 Å². The molecule has 0 aliphatic carbocycles. The molecule has 1 aliphatic rings. The molecule has 1 N–H and O–H groups in total. The molecular weight excluding hydrogens is 468 g/mol. The van der Waals surface area contributed by atoms with Crippen LogP contribution < -0.4 is 14.4 Å². The van der Waals surface area contributed by atoms with Gasteiger partial charge in [0.05, 0.1) is 25.8 Å². The number of Topliss-reactive ketones (excluding diaryl/α,β-unsaturated/α-hetero) is 1. The van der Waals surface area contributed by atoms with Crippen LogP contribution in [-0.4, -0.2) is 36.0 Å². The molecule has 3 aromatic carbocycles. The van der Waals surface area contributed by atoms with Gasteiger partial charge in [-0.15, -0.1) is 0 Å². The maximum atomic E-state index is 13.7. The summed E-state index contributed by atoms with van der Waals surface area (Å²) in [5.74, 6) is -0.630. The highest BCUT2D eigenvalue weighted by molar-refractivity contribution is 6.21. The monoisotopic (exact) mass is 492 g/mol. The van der Waals surface area contributed by atoms with Crippen LogP contribution in [0.4, 0.5) is 5.69 Å². The van der Waals surface area contributed by atoms with Crippen molar-refractivity contribution in [3.05, 3.63) is 120 Å². The van der Waals surface area contributed by atoms with Crippen LogP contribution in [-0.2, 0) is 4.79 Å². The molecule has 1 aromatic heterocycles. The second-order valence-electron chi connectivity index (χ2n) is 8.43. The Hall–Kier alpha value is -4.91. The molecule has 2 heterocycles. The van der Waals surface area contributed by atoms with Crippen LogP contribution in [0.3, 0.4) is 0 Å². The van der Waals surface area contributed by atoms with E-state index < -0.39 is 23.5 Å². The van der Waals surface area contributed by atoms with E-state index in [1.807, 2.05) is 24.3 Å². The smallest absolute Gasteiger partial charge is 0.294 e. The zero-order valence-electron chi connectivity index (χ0n) is 20.3. The van der Waals surface area contributed by atoms with Crippen molar-refractivity contribution in [2.24, 2.45) is 0 Å². The number of hydrogen-bond acceptors (Lipinski definition) is 6. The van der Waals surface area contributed by atoms with E-state index in [9.17, 15) is 14.7 Å². The zero-order chi connectivity index (χ0) is 25.9. The van der Waals surface area contributed by atoms with Crippen LogP contribution in [0.15, 0.2) is 109 Å². The third-order valence-corrected chi connectivity index (χ3v) is 6.38. The summed E-state index contributed by atoms with van der Waals surface area (Å²) in [6.45, 7) is 0. The first-order valence-electron chi connectivity index (χ1n) is 11.6. The molecule has 4 aromatic rings. The lowest BCUT2D eigenvalue weighted by atomic mass is 9.92. The van der Waals surface area contributed by atoms with Crippen LogP contribution >= 0.6 is 0 Å². The second-order valence-corrected chi connectivity index (χ2v) is 8.43. The van der Waals surface area contributed by atoms with Gasteiger partial charge in [-0.1, -0.05) is 36.4 Å². The number of pyridine rings is 1. The Morgan fingerprint density at radius 1 is 0.865 bits per heavy atom. The SMILES string of the molecule is COc1ccc(C(=O)C2=C(O)C(=O)N(c3ccc(-c4cccnc4)cc3)C2c2ccccc2OC)cc1. The molecule has 1 unspecified atom stereocenters. The number of aliphatic hydroxyl groups excluding tert-OH is 1. The molecule has 5 rings (SSSR count). The van der Waals surface area contributed by atoms with Crippen molar-refractivity contribution in [3.63, 3.8) is 0 Å². The van der Waals surface area contributed by atoms with E-state index >= 15 is 0 Å². The first-order chi connectivity index (χ1) is 18.0. The lowest BCUT2D eigenvalue weighted by Crippen LogP contribution is -2.31. The molecule has 1 atom stereocenters. The molecule has 0 spiro atoms. The molecule has 0 bridgehead atoms. The summed E-state index contributed by atoms with van der Waals surface area (Å²) < 4.78 is 10.8. The van der Waals surface area contributed by atoms with Gasteiger partial charge in [0.1, 0.15) is 11.5 Å². The first kappa shape index (κ1) is 23.8. The molecule has 0 saturated carbocycles. The second kappa shape index (κ2) is 9.99. The van der Waals surface area contributed by atoms with Crippen molar-refractivity contribution < 1.29 is 24.2 Å². The zero-order valence-corrected chi connectivity index (χ0v) is 20.3. The van der Waals surface area contributed by atoms with E-state index in [0.717, 1.165) is 11.1 Å². The molecule has 0 fully saturated rings. The number of anilines is 1. The number of ether oxygens (including phenoxy) is 2. The number of aromatic nitrogens is 1. The van der Waals surface area contributed by atoms with E-state index in [-0.39, 0.29) is 5.57 Å². The van der Waals surface area contributed by atoms with Crippen molar-refractivity contribution >= 4 is 17.4 Å². The maximum absolute atomic E-state index is 13.7. The topological polar surface area (TPSA) is 89.0 Å². The minimum Gasteiger partial charge on any atom is -0.503 e. The highest BCUT2D eigenvalue weighted by atomic mass is 16.5. The Bertz CT molecular complexity index is 1480. The molecule has 1 aliphatic heterocycles. The number of benzene rings is 3. The quantitative estimate of drug-likeness (QED) is 0.340. The van der Waals surface area contributed by atoms with Crippen LogP contribution in [0.25, 0.3) is 11.1 Å². The number of methoxy groups -OCH3 is 2. The summed E-state index contributed by atoms with van der Waals surface area (Å²) in [6.07, 6.45) is 3.46. The van der Waals surface area contributed by atoms with E-state index in [1.165, 1.54) is 19.1 Å². The molecule has 7 nitrogen and oxygen atoms in total. The molecule has 37 heavy (non-hydrogen) atoms. The fourth-order valence-corrected chi connectivity index (χ4v) is 4.54. The standard InChI is InChI=1S/C30H24N2O5/c1-36-23-15-11-20(12-16-23)28(33)26-27(24-7-3-4-8-25(24)37-2)32(30(35)29(26)34)22-13-9-19(10-14-22)21-6-5-17-31-18-21/h3-18,27,34H,1-2H3. The Balaban J connectivity index is 1.61. The highest BCUT2D eigenvalue weighted by Gasteiger charge is 2.45. The van der Waals surface area contributed by atoms with Gasteiger partial charge < -0.3 is 14.6 Å². The summed E-state index contributed by atoms with van der Waals surface area (Å²) in [4.78, 5) is 32.8. The van der Waals surface area contributed by atoms with Gasteiger partial charge in [-0.05, 0) is 59.7 Å². The molecule has 184 valence electrons. The fourth-order valence-electron chi connectivity index (χ4n) is 4.54. The number of carbonyl (C=O) groups is 2. The summed E-state index contributed by atoms with van der Waals surface area (Å²) in [5.41, 5.74) is 3.26. The van der Waals surface area contributed by atoms with Crippen molar-refractivity contribution in [2.75, 3.05) is 19.1 Å².